The van der Waals surface area contributed by atoms with Crippen LogP contribution in [0.5, 0.6) is 0 Å². The van der Waals surface area contributed by atoms with Crippen LogP contribution in [0.2, 0.25) is 0 Å². The first-order valence-corrected chi connectivity index (χ1v) is 6.96. The van der Waals surface area contributed by atoms with E-state index in [4.69, 9.17) is 13.6 Å². The van der Waals surface area contributed by atoms with Gasteiger partial charge in [0, 0.05) is 0 Å². The third kappa shape index (κ3) is 8.05. The summed E-state index contributed by atoms with van der Waals surface area (Å²) in [4.78, 5) is 0. The zero-order chi connectivity index (χ0) is 12.8. The molecule has 96 valence electrons. The Morgan fingerprint density at radius 3 is 1.88 bits per heavy atom. The highest BCUT2D eigenvalue weighted by molar-refractivity contribution is 7.48. The van der Waals surface area contributed by atoms with Crippen molar-refractivity contribution in [1.82, 2.24) is 0 Å². The van der Waals surface area contributed by atoms with Crippen molar-refractivity contribution in [3.63, 3.8) is 0 Å². The maximum absolute atomic E-state index is 12.1. The molecule has 0 bridgehead atoms. The van der Waals surface area contributed by atoms with Gasteiger partial charge in [-0.05, 0) is 41.5 Å². The Bertz CT molecular complexity index is 253. The Morgan fingerprint density at radius 2 is 1.56 bits per heavy atom. The lowest BCUT2D eigenvalue weighted by Crippen LogP contribution is -2.10. The molecule has 0 N–H and O–H groups in total. The fraction of sp³-hybridized carbons (Fsp3) is 0.818. The lowest BCUT2D eigenvalue weighted by Gasteiger charge is -2.21. The predicted octanol–water partition coefficient (Wildman–Crippen LogP) is 3.93. The summed E-state index contributed by atoms with van der Waals surface area (Å²) in [5.41, 5.74) is 1.10. The molecule has 0 amide bonds. The summed E-state index contributed by atoms with van der Waals surface area (Å²) in [5, 5.41) is 0. The highest BCUT2D eigenvalue weighted by atomic mass is 31.2. The van der Waals surface area contributed by atoms with Gasteiger partial charge in [0.2, 0.25) is 0 Å². The van der Waals surface area contributed by atoms with E-state index < -0.39 is 7.82 Å². The van der Waals surface area contributed by atoms with Gasteiger partial charge >= 0.3 is 7.82 Å². The van der Waals surface area contributed by atoms with Crippen molar-refractivity contribution in [2.75, 3.05) is 6.61 Å². The molecular weight excluding hydrogens is 227 g/mol. The number of hydrogen-bond donors (Lipinski definition) is 0. The van der Waals surface area contributed by atoms with Gasteiger partial charge in [-0.1, -0.05) is 11.6 Å². The SMILES string of the molecule is CC(C)=CCOP(=O)(OC(C)C)OC(C)C. The largest absolute Gasteiger partial charge is 0.475 e. The molecule has 0 unspecified atom stereocenters. The second-order valence-corrected chi connectivity index (χ2v) is 5.91. The zero-order valence-electron chi connectivity index (χ0n) is 11.0. The predicted molar refractivity (Wildman–Crippen MR) is 65.4 cm³/mol. The summed E-state index contributed by atoms with van der Waals surface area (Å²) in [6, 6.07) is 0. The molecule has 0 aliphatic heterocycles. The Hall–Kier alpha value is -0.150. The third-order valence-corrected chi connectivity index (χ3v) is 3.23. The topological polar surface area (TPSA) is 44.8 Å². The third-order valence-electron chi connectivity index (χ3n) is 1.40. The van der Waals surface area contributed by atoms with Gasteiger partial charge in [0.25, 0.3) is 0 Å². The van der Waals surface area contributed by atoms with Crippen molar-refractivity contribution >= 4 is 7.82 Å². The number of phosphoric ester groups is 1. The van der Waals surface area contributed by atoms with Crippen molar-refractivity contribution < 1.29 is 18.1 Å². The molecule has 0 atom stereocenters. The molecule has 0 radical (unpaired) electrons. The van der Waals surface area contributed by atoms with Crippen molar-refractivity contribution in [1.29, 1.82) is 0 Å². The van der Waals surface area contributed by atoms with Gasteiger partial charge in [-0.25, -0.2) is 4.57 Å². The molecule has 0 aliphatic carbocycles. The highest BCUT2D eigenvalue weighted by Gasteiger charge is 2.29. The summed E-state index contributed by atoms with van der Waals surface area (Å²) in [7, 11) is -3.43. The van der Waals surface area contributed by atoms with E-state index in [2.05, 4.69) is 0 Å². The Balaban J connectivity index is 4.42. The van der Waals surface area contributed by atoms with Gasteiger partial charge < -0.3 is 0 Å². The summed E-state index contributed by atoms with van der Waals surface area (Å²) in [5.74, 6) is 0. The molecule has 0 saturated heterocycles. The van der Waals surface area contributed by atoms with E-state index in [1.165, 1.54) is 0 Å². The maximum atomic E-state index is 12.1. The van der Waals surface area contributed by atoms with Crippen LogP contribution in [0, 0.1) is 0 Å². The number of rotatable bonds is 7. The second-order valence-electron chi connectivity index (χ2n) is 4.33. The molecule has 16 heavy (non-hydrogen) atoms. The van der Waals surface area contributed by atoms with Gasteiger partial charge in [-0.15, -0.1) is 0 Å². The van der Waals surface area contributed by atoms with E-state index in [0.29, 0.717) is 0 Å². The molecular formula is C11H23O4P. The molecule has 0 spiro atoms. The van der Waals surface area contributed by atoms with E-state index in [-0.39, 0.29) is 18.8 Å². The van der Waals surface area contributed by atoms with Crippen molar-refractivity contribution in [2.45, 2.75) is 53.8 Å². The summed E-state index contributed by atoms with van der Waals surface area (Å²) < 4.78 is 27.7. The quantitative estimate of drug-likeness (QED) is 0.507. The van der Waals surface area contributed by atoms with Crippen molar-refractivity contribution in [3.8, 4) is 0 Å². The molecule has 0 aliphatic rings. The normalized spacial score (nSPS) is 12.2. The molecule has 0 aromatic rings. The molecule has 4 nitrogen and oxygen atoms in total. The van der Waals surface area contributed by atoms with Crippen LogP contribution < -0.4 is 0 Å². The number of hydrogen-bond acceptors (Lipinski definition) is 4. The van der Waals surface area contributed by atoms with Crippen LogP contribution >= 0.6 is 7.82 Å². The molecule has 0 rings (SSSR count). The molecule has 0 fully saturated rings. The fourth-order valence-electron chi connectivity index (χ4n) is 0.897. The molecule has 0 saturated carbocycles. The second kappa shape index (κ2) is 7.23. The van der Waals surface area contributed by atoms with Crippen LogP contribution in [-0.4, -0.2) is 18.8 Å². The average molecular weight is 250 g/mol. The fourth-order valence-corrected chi connectivity index (χ4v) is 2.36. The molecule has 0 aromatic heterocycles. The average Bonchev–Trinajstić information content (AvgIpc) is 1.98. The van der Waals surface area contributed by atoms with Crippen LogP contribution in [0.25, 0.3) is 0 Å². The minimum atomic E-state index is -3.43. The lowest BCUT2D eigenvalue weighted by atomic mass is 10.3. The van der Waals surface area contributed by atoms with Crippen LogP contribution in [0.3, 0.4) is 0 Å². The lowest BCUT2D eigenvalue weighted by molar-refractivity contribution is 0.0781. The Labute approximate surface area is 98.6 Å². The van der Waals surface area contributed by atoms with Crippen molar-refractivity contribution in [2.24, 2.45) is 0 Å². The standard InChI is InChI=1S/C11H23O4P/c1-9(2)7-8-13-16(12,14-10(3)4)15-11(5)6/h7,10-11H,8H2,1-6H3. The van der Waals surface area contributed by atoms with Crippen LogP contribution in [0.1, 0.15) is 41.5 Å². The monoisotopic (exact) mass is 250 g/mol. The zero-order valence-corrected chi connectivity index (χ0v) is 11.9. The Morgan fingerprint density at radius 1 is 1.12 bits per heavy atom. The summed E-state index contributed by atoms with van der Waals surface area (Å²) in [6.45, 7) is 11.3. The van der Waals surface area contributed by atoms with E-state index in [1.54, 1.807) is 27.7 Å². The Kier molecular flexibility index (Phi) is 7.16. The molecule has 5 heteroatoms. The maximum Gasteiger partial charge on any atom is 0.475 e. The first-order valence-electron chi connectivity index (χ1n) is 5.50. The van der Waals surface area contributed by atoms with Crippen LogP contribution in [0.15, 0.2) is 11.6 Å². The van der Waals surface area contributed by atoms with Gasteiger partial charge in [-0.3, -0.25) is 13.6 Å². The van der Waals surface area contributed by atoms with E-state index in [1.807, 2.05) is 19.9 Å². The van der Waals surface area contributed by atoms with Crippen LogP contribution in [-0.2, 0) is 18.1 Å². The number of allylic oxidation sites excluding steroid dienone is 1. The number of phosphoric acid groups is 1. The molecule has 0 aromatic carbocycles. The van der Waals surface area contributed by atoms with Gasteiger partial charge in [0.1, 0.15) is 0 Å². The highest BCUT2D eigenvalue weighted by Crippen LogP contribution is 2.51. The summed E-state index contributed by atoms with van der Waals surface area (Å²) in [6.07, 6.45) is 1.44. The molecule has 0 heterocycles. The first-order chi connectivity index (χ1) is 7.25. The van der Waals surface area contributed by atoms with Crippen LogP contribution in [0.4, 0.5) is 0 Å². The van der Waals surface area contributed by atoms with Gasteiger partial charge in [-0.2, -0.15) is 0 Å². The first kappa shape index (κ1) is 15.9. The smallest absolute Gasteiger partial charge is 0.284 e. The van der Waals surface area contributed by atoms with Crippen molar-refractivity contribution in [3.05, 3.63) is 11.6 Å². The van der Waals surface area contributed by atoms with E-state index in [0.717, 1.165) is 5.57 Å². The minimum absolute atomic E-state index is 0.198. The van der Waals surface area contributed by atoms with E-state index in [9.17, 15) is 4.57 Å². The van der Waals surface area contributed by atoms with E-state index >= 15 is 0 Å². The van der Waals surface area contributed by atoms with Gasteiger partial charge in [0.05, 0.1) is 18.8 Å². The summed E-state index contributed by atoms with van der Waals surface area (Å²) >= 11 is 0. The minimum Gasteiger partial charge on any atom is -0.284 e. The van der Waals surface area contributed by atoms with Gasteiger partial charge in [0.15, 0.2) is 0 Å².